The molecule has 1 N–H and O–H groups in total. The lowest BCUT2D eigenvalue weighted by Crippen LogP contribution is -2.20. The minimum atomic E-state index is -4.64. The fourth-order valence-electron chi connectivity index (χ4n) is 2.73. The number of nitrogens with one attached hydrogen (secondary N) is 1. The van der Waals surface area contributed by atoms with Crippen molar-refractivity contribution < 1.29 is 22.4 Å². The Labute approximate surface area is 158 Å². The summed E-state index contributed by atoms with van der Waals surface area (Å²) in [5.41, 5.74) is -1.14. The predicted molar refractivity (Wildman–Crippen MR) is 96.1 cm³/mol. The van der Waals surface area contributed by atoms with Crippen LogP contribution in [0.25, 0.3) is 17.0 Å². The molecule has 0 aromatic carbocycles. The maximum Gasteiger partial charge on any atom is 0.433 e. The first-order valence-electron chi connectivity index (χ1n) is 8.46. The molecule has 0 saturated carbocycles. The number of hydrogen-bond donors (Lipinski definition) is 1. The summed E-state index contributed by atoms with van der Waals surface area (Å²) < 4.78 is 54.2. The van der Waals surface area contributed by atoms with Gasteiger partial charge in [-0.2, -0.15) is 13.2 Å². The molecule has 0 fully saturated rings. The van der Waals surface area contributed by atoms with E-state index in [1.165, 1.54) is 28.7 Å². The molecule has 3 rings (SSSR count). The molecule has 3 heterocycles. The smallest absolute Gasteiger partial charge is 0.309 e. The van der Waals surface area contributed by atoms with Gasteiger partial charge in [-0.25, -0.2) is 14.4 Å². The van der Waals surface area contributed by atoms with E-state index < -0.39 is 17.7 Å². The number of imidazole rings is 1. The molecule has 0 bridgehead atoms. The number of carbonyl (C=O) groups excluding carboxylic acids is 1. The van der Waals surface area contributed by atoms with Crippen LogP contribution in [0.2, 0.25) is 0 Å². The van der Waals surface area contributed by atoms with Crippen LogP contribution >= 0.6 is 0 Å². The fourth-order valence-corrected chi connectivity index (χ4v) is 2.73. The Hall–Kier alpha value is -2.97. The largest absolute Gasteiger partial charge is 0.433 e. The van der Waals surface area contributed by atoms with Crippen molar-refractivity contribution >= 4 is 17.4 Å². The average molecular weight is 394 g/mol. The Morgan fingerprint density at radius 2 is 1.82 bits per heavy atom. The molecule has 0 unspecified atom stereocenters. The number of rotatable bonds is 3. The van der Waals surface area contributed by atoms with Crippen LogP contribution in [0.5, 0.6) is 0 Å². The highest BCUT2D eigenvalue weighted by atomic mass is 19.4. The quantitative estimate of drug-likeness (QED) is 0.641. The molecule has 0 aliphatic heterocycles. The fraction of sp³-hybridized carbons (Fsp3) is 0.316. The van der Waals surface area contributed by atoms with E-state index in [1.807, 2.05) is 20.8 Å². The van der Waals surface area contributed by atoms with Crippen LogP contribution in [-0.4, -0.2) is 20.3 Å². The van der Waals surface area contributed by atoms with E-state index in [2.05, 4.69) is 15.3 Å². The number of pyridine rings is 2. The normalized spacial score (nSPS) is 12.4. The average Bonchev–Trinajstić information content (AvgIpc) is 2.89. The summed E-state index contributed by atoms with van der Waals surface area (Å²) in [5, 5.41) is 2.62. The highest BCUT2D eigenvalue weighted by molar-refractivity contribution is 5.94. The van der Waals surface area contributed by atoms with Crippen molar-refractivity contribution in [3.8, 4) is 11.4 Å². The third kappa shape index (κ3) is 4.29. The third-order valence-electron chi connectivity index (χ3n) is 3.81. The molecular formula is C19H18F4N4O. The van der Waals surface area contributed by atoms with Gasteiger partial charge in [0.25, 0.3) is 0 Å². The van der Waals surface area contributed by atoms with Crippen molar-refractivity contribution in [2.24, 2.45) is 5.41 Å². The molecule has 0 spiro atoms. The number of aromatic nitrogens is 3. The van der Waals surface area contributed by atoms with Crippen molar-refractivity contribution in [2.75, 3.05) is 5.32 Å². The number of anilines is 1. The van der Waals surface area contributed by atoms with Gasteiger partial charge in [0.1, 0.15) is 22.9 Å². The molecule has 3 aromatic heterocycles. The molecule has 0 saturated heterocycles. The molecule has 0 atom stereocenters. The van der Waals surface area contributed by atoms with Gasteiger partial charge in [0.15, 0.2) is 5.82 Å². The first-order chi connectivity index (χ1) is 12.9. The third-order valence-corrected chi connectivity index (χ3v) is 3.81. The molecule has 5 nitrogen and oxygen atoms in total. The van der Waals surface area contributed by atoms with Gasteiger partial charge < -0.3 is 5.32 Å². The molecule has 0 aliphatic rings. The molecule has 148 valence electrons. The molecule has 3 aromatic rings. The van der Waals surface area contributed by atoms with Gasteiger partial charge in [-0.15, -0.1) is 0 Å². The Bertz CT molecular complexity index is 1030. The molecular weight excluding hydrogens is 376 g/mol. The van der Waals surface area contributed by atoms with Crippen LogP contribution in [0, 0.1) is 11.2 Å². The van der Waals surface area contributed by atoms with Crippen molar-refractivity contribution in [3.05, 3.63) is 48.0 Å². The Morgan fingerprint density at radius 3 is 2.46 bits per heavy atom. The molecule has 28 heavy (non-hydrogen) atoms. The number of halogens is 4. The SMILES string of the molecule is CC(C)(C)CC(=O)Nc1nc2ccc(F)cn2c1-c1cccc(C(F)(F)F)n1. The Balaban J connectivity index is 2.14. The van der Waals surface area contributed by atoms with Crippen LogP contribution in [0.1, 0.15) is 32.9 Å². The summed E-state index contributed by atoms with van der Waals surface area (Å²) in [4.78, 5) is 20.2. The number of carbonyl (C=O) groups is 1. The van der Waals surface area contributed by atoms with Gasteiger partial charge in [-0.05, 0) is 29.7 Å². The number of nitrogens with zero attached hydrogens (tertiary/aromatic N) is 3. The zero-order valence-electron chi connectivity index (χ0n) is 15.4. The summed E-state index contributed by atoms with van der Waals surface area (Å²) in [6, 6.07) is 5.93. The number of hydrogen-bond acceptors (Lipinski definition) is 3. The summed E-state index contributed by atoms with van der Waals surface area (Å²) in [6.07, 6.45) is -3.39. The lowest BCUT2D eigenvalue weighted by atomic mass is 9.92. The second-order valence-electron chi connectivity index (χ2n) is 7.58. The van der Waals surface area contributed by atoms with E-state index in [0.717, 1.165) is 12.3 Å². The summed E-state index contributed by atoms with van der Waals surface area (Å²) in [7, 11) is 0. The Kier molecular flexibility index (Phi) is 4.86. The van der Waals surface area contributed by atoms with Gasteiger partial charge in [0.05, 0.1) is 5.69 Å². The van der Waals surface area contributed by atoms with E-state index in [0.29, 0.717) is 0 Å². The summed E-state index contributed by atoms with van der Waals surface area (Å²) in [5.74, 6) is -0.943. The van der Waals surface area contributed by atoms with Gasteiger partial charge in [-0.3, -0.25) is 9.20 Å². The maximum absolute atomic E-state index is 13.8. The predicted octanol–water partition coefficient (Wildman–Crippen LogP) is 4.93. The number of alkyl halides is 3. The monoisotopic (exact) mass is 394 g/mol. The van der Waals surface area contributed by atoms with Crippen LogP contribution in [0.3, 0.4) is 0 Å². The van der Waals surface area contributed by atoms with Crippen molar-refractivity contribution in [1.29, 1.82) is 0 Å². The zero-order valence-corrected chi connectivity index (χ0v) is 15.4. The molecule has 0 radical (unpaired) electrons. The lowest BCUT2D eigenvalue weighted by Gasteiger charge is -2.17. The highest BCUT2D eigenvalue weighted by Crippen LogP contribution is 2.33. The standard InChI is InChI=1S/C19H18F4N4O/c1-18(2,3)9-15(28)26-17-16(27-10-11(20)7-8-14(27)25-17)12-5-4-6-13(24-12)19(21,22)23/h4-8,10H,9H2,1-3H3,(H,26,28). The summed E-state index contributed by atoms with van der Waals surface area (Å²) >= 11 is 0. The second kappa shape index (κ2) is 6.88. The molecule has 0 aliphatic carbocycles. The minimum Gasteiger partial charge on any atom is -0.309 e. The van der Waals surface area contributed by atoms with E-state index in [-0.39, 0.29) is 40.6 Å². The molecule has 1 amide bonds. The zero-order chi connectivity index (χ0) is 20.7. The van der Waals surface area contributed by atoms with Crippen molar-refractivity contribution in [2.45, 2.75) is 33.4 Å². The van der Waals surface area contributed by atoms with Gasteiger partial charge in [0.2, 0.25) is 5.91 Å². The first kappa shape index (κ1) is 19.8. The van der Waals surface area contributed by atoms with Crippen molar-refractivity contribution in [3.63, 3.8) is 0 Å². The first-order valence-corrected chi connectivity index (χ1v) is 8.46. The van der Waals surface area contributed by atoms with E-state index in [9.17, 15) is 22.4 Å². The van der Waals surface area contributed by atoms with E-state index >= 15 is 0 Å². The van der Waals surface area contributed by atoms with E-state index in [1.54, 1.807) is 0 Å². The van der Waals surface area contributed by atoms with E-state index in [4.69, 9.17) is 0 Å². The van der Waals surface area contributed by atoms with Crippen LogP contribution in [0.4, 0.5) is 23.4 Å². The lowest BCUT2D eigenvalue weighted by molar-refractivity contribution is -0.141. The Morgan fingerprint density at radius 1 is 1.11 bits per heavy atom. The van der Waals surface area contributed by atoms with Crippen LogP contribution in [0.15, 0.2) is 36.5 Å². The van der Waals surface area contributed by atoms with Crippen molar-refractivity contribution in [1.82, 2.24) is 14.4 Å². The van der Waals surface area contributed by atoms with Gasteiger partial charge >= 0.3 is 6.18 Å². The maximum atomic E-state index is 13.8. The summed E-state index contributed by atoms with van der Waals surface area (Å²) in [6.45, 7) is 5.63. The number of amides is 1. The van der Waals surface area contributed by atoms with Crippen LogP contribution < -0.4 is 5.32 Å². The highest BCUT2D eigenvalue weighted by Gasteiger charge is 2.33. The van der Waals surface area contributed by atoms with Gasteiger partial charge in [-0.1, -0.05) is 26.8 Å². The minimum absolute atomic E-state index is 0.0201. The topological polar surface area (TPSA) is 59.3 Å². The van der Waals surface area contributed by atoms with Crippen LogP contribution in [-0.2, 0) is 11.0 Å². The van der Waals surface area contributed by atoms with Gasteiger partial charge in [0, 0.05) is 12.6 Å². The number of fused-ring (bicyclic) bond motifs is 1. The molecule has 9 heteroatoms. The second-order valence-corrected chi connectivity index (χ2v) is 7.58.